The van der Waals surface area contributed by atoms with E-state index in [9.17, 15) is 23.2 Å². The fraction of sp³-hybridized carbons (Fsp3) is 0.318. The Labute approximate surface area is 184 Å². The standard InChI is InChI=1S/C22H24F2N4O4/c1-4-5-18(27-19(29)9-14-7-16(23)10-17(24)8-14)21(31)28-22-25-11-15(12-26-22)13(2)6-20(30)32-3/h6-8,10-12,18H,4-5,9H2,1-3H3,(H,27,29)(H,25,26,28,31)/b13-6-. The number of esters is 1. The second-order valence-corrected chi connectivity index (χ2v) is 7.00. The first kappa shape index (κ1) is 24.6. The Morgan fingerprint density at radius 1 is 1.12 bits per heavy atom. The van der Waals surface area contributed by atoms with Crippen molar-refractivity contribution in [2.24, 2.45) is 0 Å². The van der Waals surface area contributed by atoms with Gasteiger partial charge in [-0.1, -0.05) is 13.3 Å². The summed E-state index contributed by atoms with van der Waals surface area (Å²) in [6, 6.07) is 1.95. The van der Waals surface area contributed by atoms with Crippen molar-refractivity contribution in [1.29, 1.82) is 0 Å². The molecule has 8 nitrogen and oxygen atoms in total. The Kier molecular flexibility index (Phi) is 8.94. The van der Waals surface area contributed by atoms with E-state index in [1.165, 1.54) is 25.6 Å². The Balaban J connectivity index is 2.02. The first-order valence-electron chi connectivity index (χ1n) is 9.85. The Morgan fingerprint density at radius 3 is 2.31 bits per heavy atom. The summed E-state index contributed by atoms with van der Waals surface area (Å²) in [5, 5.41) is 5.10. The van der Waals surface area contributed by atoms with Gasteiger partial charge in [-0.25, -0.2) is 23.5 Å². The number of nitrogens with zero attached hydrogens (tertiary/aromatic N) is 2. The van der Waals surface area contributed by atoms with Gasteiger partial charge in [-0.2, -0.15) is 0 Å². The molecule has 0 aliphatic carbocycles. The summed E-state index contributed by atoms with van der Waals surface area (Å²) >= 11 is 0. The number of anilines is 1. The molecule has 0 fully saturated rings. The number of aromatic nitrogens is 2. The van der Waals surface area contributed by atoms with Crippen LogP contribution in [0.25, 0.3) is 5.57 Å². The molecule has 0 aliphatic heterocycles. The van der Waals surface area contributed by atoms with Crippen LogP contribution in [-0.4, -0.2) is 40.9 Å². The zero-order chi connectivity index (χ0) is 23.7. The summed E-state index contributed by atoms with van der Waals surface area (Å²) in [6.45, 7) is 3.53. The second-order valence-electron chi connectivity index (χ2n) is 7.00. The number of carbonyl (C=O) groups excluding carboxylic acids is 3. The molecule has 0 aliphatic rings. The smallest absolute Gasteiger partial charge is 0.330 e. The van der Waals surface area contributed by atoms with E-state index < -0.39 is 35.5 Å². The summed E-state index contributed by atoms with van der Waals surface area (Å²) in [4.78, 5) is 44.3. The number of hydrogen-bond donors (Lipinski definition) is 2. The van der Waals surface area contributed by atoms with Crippen molar-refractivity contribution in [2.45, 2.75) is 39.2 Å². The number of methoxy groups -OCH3 is 1. The highest BCUT2D eigenvalue weighted by atomic mass is 19.1. The maximum atomic E-state index is 13.3. The Hall–Kier alpha value is -3.69. The number of halogens is 2. The van der Waals surface area contributed by atoms with E-state index in [-0.39, 0.29) is 17.9 Å². The average Bonchev–Trinajstić information content (AvgIpc) is 2.72. The van der Waals surface area contributed by atoms with Crippen LogP contribution >= 0.6 is 0 Å². The monoisotopic (exact) mass is 446 g/mol. The van der Waals surface area contributed by atoms with Crippen molar-refractivity contribution in [3.8, 4) is 0 Å². The third-order valence-corrected chi connectivity index (χ3v) is 4.39. The SMILES string of the molecule is CCCC(NC(=O)Cc1cc(F)cc(F)c1)C(=O)Nc1ncc(/C(C)=C\C(=O)OC)cn1. The highest BCUT2D eigenvalue weighted by molar-refractivity contribution is 5.96. The lowest BCUT2D eigenvalue weighted by atomic mass is 10.1. The van der Waals surface area contributed by atoms with E-state index in [0.29, 0.717) is 30.0 Å². The minimum Gasteiger partial charge on any atom is -0.466 e. The molecule has 0 bridgehead atoms. The van der Waals surface area contributed by atoms with Gasteiger partial charge in [0.25, 0.3) is 0 Å². The molecule has 0 saturated carbocycles. The lowest BCUT2D eigenvalue weighted by Crippen LogP contribution is -2.44. The number of allylic oxidation sites excluding steroid dienone is 1. The molecule has 0 spiro atoms. The molecule has 0 radical (unpaired) electrons. The summed E-state index contributed by atoms with van der Waals surface area (Å²) in [6.07, 6.45) is 4.82. The number of benzene rings is 1. The van der Waals surface area contributed by atoms with Gasteiger partial charge in [0.2, 0.25) is 17.8 Å². The van der Waals surface area contributed by atoms with E-state index in [4.69, 9.17) is 0 Å². The van der Waals surface area contributed by atoms with E-state index in [2.05, 4.69) is 25.3 Å². The van der Waals surface area contributed by atoms with Crippen LogP contribution in [0.15, 0.2) is 36.7 Å². The van der Waals surface area contributed by atoms with Gasteiger partial charge in [-0.15, -0.1) is 0 Å². The molecule has 10 heteroatoms. The number of nitrogens with one attached hydrogen (secondary N) is 2. The molecule has 2 amide bonds. The summed E-state index contributed by atoms with van der Waals surface area (Å²) < 4.78 is 31.2. The summed E-state index contributed by atoms with van der Waals surface area (Å²) in [5.74, 6) is -3.14. The molecule has 2 N–H and O–H groups in total. The topological polar surface area (TPSA) is 110 Å². The van der Waals surface area contributed by atoms with Crippen LogP contribution in [0.2, 0.25) is 0 Å². The predicted molar refractivity (Wildman–Crippen MR) is 113 cm³/mol. The van der Waals surface area contributed by atoms with Crippen molar-refractivity contribution < 1.29 is 27.9 Å². The minimum atomic E-state index is -0.880. The summed E-state index contributed by atoms with van der Waals surface area (Å²) in [7, 11) is 1.27. The normalized spacial score (nSPS) is 12.1. The number of hydrogen-bond acceptors (Lipinski definition) is 6. The first-order valence-corrected chi connectivity index (χ1v) is 9.85. The van der Waals surface area contributed by atoms with Crippen molar-refractivity contribution in [3.05, 3.63) is 59.4 Å². The molecule has 32 heavy (non-hydrogen) atoms. The van der Waals surface area contributed by atoms with Crippen LogP contribution in [0.1, 0.15) is 37.8 Å². The molecule has 2 aromatic rings. The van der Waals surface area contributed by atoms with Gasteiger partial charge in [0.15, 0.2) is 0 Å². The molecule has 1 aromatic carbocycles. The highest BCUT2D eigenvalue weighted by Crippen LogP contribution is 2.13. The number of ether oxygens (including phenoxy) is 1. The first-order chi connectivity index (χ1) is 15.2. The minimum absolute atomic E-state index is 0.0205. The van der Waals surface area contributed by atoms with Crippen molar-refractivity contribution >= 4 is 29.3 Å². The lowest BCUT2D eigenvalue weighted by Gasteiger charge is -2.17. The van der Waals surface area contributed by atoms with Crippen LogP contribution in [0.4, 0.5) is 14.7 Å². The van der Waals surface area contributed by atoms with Gasteiger partial charge >= 0.3 is 5.97 Å². The van der Waals surface area contributed by atoms with Gasteiger partial charge in [0.05, 0.1) is 13.5 Å². The van der Waals surface area contributed by atoms with Gasteiger partial charge < -0.3 is 10.1 Å². The fourth-order valence-electron chi connectivity index (χ4n) is 2.81. The molecule has 2 rings (SSSR count). The molecular formula is C22H24F2N4O4. The molecule has 1 aromatic heterocycles. The Bertz CT molecular complexity index is 989. The van der Waals surface area contributed by atoms with Gasteiger partial charge in [0.1, 0.15) is 17.7 Å². The summed E-state index contributed by atoms with van der Waals surface area (Å²) in [5.41, 5.74) is 1.30. The number of carbonyl (C=O) groups is 3. The van der Waals surface area contributed by atoms with Crippen molar-refractivity contribution in [3.63, 3.8) is 0 Å². The Morgan fingerprint density at radius 2 is 1.75 bits per heavy atom. The van der Waals surface area contributed by atoms with E-state index in [0.717, 1.165) is 12.1 Å². The largest absolute Gasteiger partial charge is 0.466 e. The van der Waals surface area contributed by atoms with Crippen LogP contribution in [0.3, 0.4) is 0 Å². The van der Waals surface area contributed by atoms with Crippen molar-refractivity contribution in [2.75, 3.05) is 12.4 Å². The van der Waals surface area contributed by atoms with Gasteiger partial charge in [-0.05, 0) is 36.6 Å². The zero-order valence-electron chi connectivity index (χ0n) is 17.9. The van der Waals surface area contributed by atoms with Crippen LogP contribution in [0.5, 0.6) is 0 Å². The fourth-order valence-corrected chi connectivity index (χ4v) is 2.81. The zero-order valence-corrected chi connectivity index (χ0v) is 17.9. The molecular weight excluding hydrogens is 422 g/mol. The second kappa shape index (κ2) is 11.6. The molecule has 1 heterocycles. The number of amides is 2. The van der Waals surface area contributed by atoms with Crippen LogP contribution in [-0.2, 0) is 25.5 Å². The van der Waals surface area contributed by atoms with E-state index in [1.54, 1.807) is 6.92 Å². The van der Waals surface area contributed by atoms with Crippen LogP contribution < -0.4 is 10.6 Å². The average molecular weight is 446 g/mol. The molecule has 170 valence electrons. The van der Waals surface area contributed by atoms with Gasteiger partial charge in [-0.3, -0.25) is 14.9 Å². The lowest BCUT2D eigenvalue weighted by molar-refractivity contribution is -0.134. The molecule has 0 saturated heterocycles. The van der Waals surface area contributed by atoms with Crippen molar-refractivity contribution in [1.82, 2.24) is 15.3 Å². The van der Waals surface area contributed by atoms with E-state index >= 15 is 0 Å². The maximum Gasteiger partial charge on any atom is 0.330 e. The number of rotatable bonds is 9. The maximum absolute atomic E-state index is 13.3. The molecule has 1 atom stereocenters. The molecule has 1 unspecified atom stereocenters. The highest BCUT2D eigenvalue weighted by Gasteiger charge is 2.21. The van der Waals surface area contributed by atoms with E-state index in [1.807, 2.05) is 6.92 Å². The third-order valence-electron chi connectivity index (χ3n) is 4.39. The van der Waals surface area contributed by atoms with Crippen LogP contribution in [0, 0.1) is 11.6 Å². The predicted octanol–water partition coefficient (Wildman–Crippen LogP) is 2.80. The quantitative estimate of drug-likeness (QED) is 0.453. The van der Waals surface area contributed by atoms with Gasteiger partial charge in [0, 0.05) is 30.1 Å². The third kappa shape index (κ3) is 7.53.